The summed E-state index contributed by atoms with van der Waals surface area (Å²) < 4.78 is 0. The topological polar surface area (TPSA) is 98.3 Å². The Morgan fingerprint density at radius 3 is 2.32 bits per heavy atom. The number of aryl methyl sites for hydroxylation is 1. The summed E-state index contributed by atoms with van der Waals surface area (Å²) in [6.45, 7) is 5.33. The molecule has 1 aromatic heterocycles. The molecule has 9 heteroatoms. The number of alkyl halides is 2. The molecule has 2 rings (SSSR count). The Labute approximate surface area is 193 Å². The molecule has 3 N–H and O–H groups in total. The van der Waals surface area contributed by atoms with Crippen molar-refractivity contribution in [2.24, 2.45) is 0 Å². The number of hydrogen-bond donors (Lipinski definition) is 3. The minimum Gasteiger partial charge on any atom is -0.480 e. The molecule has 0 bridgehead atoms. The van der Waals surface area contributed by atoms with Gasteiger partial charge in [0.25, 0.3) is 0 Å². The number of halogens is 2. The lowest BCUT2D eigenvalue weighted by atomic mass is 10.1. The number of H-pyrrole nitrogens is 1. The van der Waals surface area contributed by atoms with Crippen molar-refractivity contribution >= 4 is 40.8 Å². The molecule has 0 radical (unpaired) electrons. The molecule has 2 aromatic rings. The average molecular weight is 469 g/mol. The lowest BCUT2D eigenvalue weighted by Gasteiger charge is -2.27. The van der Waals surface area contributed by atoms with E-state index in [1.54, 1.807) is 6.20 Å². The highest BCUT2D eigenvalue weighted by Gasteiger charge is 2.20. The molecule has 0 aliphatic carbocycles. The Balaban J connectivity index is 1.83. The predicted molar refractivity (Wildman–Crippen MR) is 124 cm³/mol. The van der Waals surface area contributed by atoms with Crippen molar-refractivity contribution in [2.45, 2.75) is 56.3 Å². The number of carbonyl (C=O) groups excluding carboxylic acids is 1. The van der Waals surface area contributed by atoms with Crippen molar-refractivity contribution in [3.8, 4) is 0 Å². The molecule has 31 heavy (non-hydrogen) atoms. The number of benzene rings is 1. The van der Waals surface area contributed by atoms with E-state index in [1.165, 1.54) is 6.33 Å². The summed E-state index contributed by atoms with van der Waals surface area (Å²) in [5, 5.41) is 11.9. The Morgan fingerprint density at radius 2 is 1.81 bits per heavy atom. The van der Waals surface area contributed by atoms with Crippen LogP contribution in [0.4, 0.5) is 5.69 Å². The zero-order valence-corrected chi connectivity index (χ0v) is 19.4. The highest BCUT2D eigenvalue weighted by Crippen LogP contribution is 2.19. The van der Waals surface area contributed by atoms with Crippen LogP contribution in [-0.4, -0.2) is 56.8 Å². The number of aromatic nitrogens is 2. The van der Waals surface area contributed by atoms with Gasteiger partial charge in [0, 0.05) is 54.3 Å². The zero-order valence-electron chi connectivity index (χ0n) is 17.9. The van der Waals surface area contributed by atoms with Gasteiger partial charge in [-0.1, -0.05) is 12.1 Å². The number of anilines is 1. The van der Waals surface area contributed by atoms with Crippen molar-refractivity contribution in [1.29, 1.82) is 0 Å². The zero-order chi connectivity index (χ0) is 22.8. The lowest BCUT2D eigenvalue weighted by molar-refractivity contribution is -0.141. The van der Waals surface area contributed by atoms with Gasteiger partial charge in [0.2, 0.25) is 5.91 Å². The molecule has 1 heterocycles. The number of carbonyl (C=O) groups is 2. The van der Waals surface area contributed by atoms with Crippen molar-refractivity contribution in [1.82, 2.24) is 15.3 Å². The van der Waals surface area contributed by atoms with Crippen molar-refractivity contribution in [2.75, 3.05) is 18.0 Å². The average Bonchev–Trinajstić information content (AvgIpc) is 3.20. The first kappa shape index (κ1) is 25.0. The van der Waals surface area contributed by atoms with Gasteiger partial charge in [-0.15, -0.1) is 23.2 Å². The molecule has 0 saturated carbocycles. The Kier molecular flexibility index (Phi) is 10.1. The third kappa shape index (κ3) is 9.19. The lowest BCUT2D eigenvalue weighted by Crippen LogP contribution is -2.42. The van der Waals surface area contributed by atoms with Gasteiger partial charge in [0.05, 0.1) is 6.33 Å². The molecule has 0 spiro atoms. The number of carboxylic acid groups (broad SMARTS) is 1. The second-order valence-electron chi connectivity index (χ2n) is 7.73. The van der Waals surface area contributed by atoms with Crippen LogP contribution < -0.4 is 10.2 Å². The van der Waals surface area contributed by atoms with Crippen LogP contribution in [0.3, 0.4) is 0 Å². The van der Waals surface area contributed by atoms with Crippen LogP contribution in [0.5, 0.6) is 0 Å². The minimum atomic E-state index is -1.07. The third-order valence-corrected chi connectivity index (χ3v) is 5.00. The number of nitrogens with one attached hydrogen (secondary N) is 2. The van der Waals surface area contributed by atoms with Crippen LogP contribution in [0.2, 0.25) is 0 Å². The maximum absolute atomic E-state index is 12.2. The second-order valence-corrected chi connectivity index (χ2v) is 9.22. The van der Waals surface area contributed by atoms with Crippen LogP contribution in [0.15, 0.2) is 36.8 Å². The number of nitrogens with zero attached hydrogens (tertiary/aromatic N) is 2. The van der Waals surface area contributed by atoms with Crippen molar-refractivity contribution in [3.63, 3.8) is 0 Å². The van der Waals surface area contributed by atoms with Crippen LogP contribution in [0, 0.1) is 0 Å². The molecule has 1 aromatic carbocycles. The first-order chi connectivity index (χ1) is 14.7. The van der Waals surface area contributed by atoms with Gasteiger partial charge in [-0.25, -0.2) is 9.78 Å². The molecule has 0 aliphatic heterocycles. The van der Waals surface area contributed by atoms with Crippen LogP contribution >= 0.6 is 23.2 Å². The molecule has 0 aliphatic rings. The second kappa shape index (κ2) is 12.6. The number of aliphatic carboxylic acids is 1. The van der Waals surface area contributed by atoms with Gasteiger partial charge in [-0.3, -0.25) is 4.79 Å². The van der Waals surface area contributed by atoms with E-state index in [0.29, 0.717) is 25.2 Å². The summed E-state index contributed by atoms with van der Waals surface area (Å²) in [5.41, 5.74) is 2.83. The number of rotatable bonds is 13. The number of carboxylic acids is 1. The fraction of sp³-hybridized carbons (Fsp3) is 0.500. The number of aromatic amines is 1. The van der Waals surface area contributed by atoms with Gasteiger partial charge < -0.3 is 20.3 Å². The molecule has 3 atom stereocenters. The van der Waals surface area contributed by atoms with Gasteiger partial charge in [0.15, 0.2) is 0 Å². The van der Waals surface area contributed by atoms with Gasteiger partial charge >= 0.3 is 5.97 Å². The normalized spacial score (nSPS) is 13.9. The fourth-order valence-electron chi connectivity index (χ4n) is 3.30. The Hall–Kier alpha value is -2.25. The predicted octanol–water partition coefficient (Wildman–Crippen LogP) is 3.61. The summed E-state index contributed by atoms with van der Waals surface area (Å²) in [7, 11) is 0. The summed E-state index contributed by atoms with van der Waals surface area (Å²) in [6, 6.07) is 7.18. The smallest absolute Gasteiger partial charge is 0.326 e. The maximum Gasteiger partial charge on any atom is 0.326 e. The number of amides is 1. The van der Waals surface area contributed by atoms with E-state index in [1.807, 2.05) is 38.1 Å². The SMILES string of the molecule is CC(Cl)CN(CC(C)Cl)c1ccc(CCCC(=O)N[C@@H](Cc2cnc[nH]2)C(=O)O)cc1. The molecule has 7 nitrogen and oxygen atoms in total. The molecule has 1 amide bonds. The first-order valence-corrected chi connectivity index (χ1v) is 11.2. The van der Waals surface area contributed by atoms with E-state index in [4.69, 9.17) is 23.2 Å². The van der Waals surface area contributed by atoms with Crippen LogP contribution in [-0.2, 0) is 22.4 Å². The summed E-state index contributed by atoms with van der Waals surface area (Å²) >= 11 is 12.3. The maximum atomic E-state index is 12.2. The van der Waals surface area contributed by atoms with E-state index in [2.05, 4.69) is 20.2 Å². The molecular formula is C22H30Cl2N4O3. The molecule has 170 valence electrons. The summed E-state index contributed by atoms with van der Waals surface area (Å²) in [5.74, 6) is -1.34. The Bertz CT molecular complexity index is 801. The molecular weight excluding hydrogens is 439 g/mol. The van der Waals surface area contributed by atoms with E-state index in [9.17, 15) is 14.7 Å². The van der Waals surface area contributed by atoms with Gasteiger partial charge in [0.1, 0.15) is 6.04 Å². The molecule has 0 saturated heterocycles. The highest BCUT2D eigenvalue weighted by molar-refractivity contribution is 6.21. The van der Waals surface area contributed by atoms with E-state index in [0.717, 1.165) is 17.7 Å². The van der Waals surface area contributed by atoms with Crippen LogP contribution in [0.25, 0.3) is 0 Å². The largest absolute Gasteiger partial charge is 0.480 e. The van der Waals surface area contributed by atoms with Crippen LogP contribution in [0.1, 0.15) is 37.9 Å². The quantitative estimate of drug-likeness (QED) is 0.390. The molecule has 2 unspecified atom stereocenters. The highest BCUT2D eigenvalue weighted by atomic mass is 35.5. The van der Waals surface area contributed by atoms with E-state index < -0.39 is 12.0 Å². The number of hydrogen-bond acceptors (Lipinski definition) is 4. The summed E-state index contributed by atoms with van der Waals surface area (Å²) in [6.07, 6.45) is 4.81. The van der Waals surface area contributed by atoms with Crippen molar-refractivity contribution in [3.05, 3.63) is 48.0 Å². The van der Waals surface area contributed by atoms with E-state index in [-0.39, 0.29) is 29.5 Å². The monoisotopic (exact) mass is 468 g/mol. The Morgan fingerprint density at radius 1 is 1.16 bits per heavy atom. The first-order valence-electron chi connectivity index (χ1n) is 10.4. The summed E-state index contributed by atoms with van der Waals surface area (Å²) in [4.78, 5) is 32.5. The van der Waals surface area contributed by atoms with Crippen molar-refractivity contribution < 1.29 is 14.7 Å². The standard InChI is InChI=1S/C22H30Cl2N4O3/c1-15(23)12-28(13-16(2)24)19-8-6-17(7-9-19)4-3-5-21(29)27-20(22(30)31)10-18-11-25-14-26-18/h6-9,11,14-16,20H,3-5,10,12-13H2,1-2H3,(H,25,26)(H,27,29)(H,30,31)/t15?,16?,20-/m0/s1. The number of imidazole rings is 1. The minimum absolute atomic E-state index is 0.0106. The van der Waals surface area contributed by atoms with Gasteiger partial charge in [-0.2, -0.15) is 0 Å². The third-order valence-electron chi connectivity index (χ3n) is 4.73. The van der Waals surface area contributed by atoms with Gasteiger partial charge in [-0.05, 0) is 44.4 Å². The van der Waals surface area contributed by atoms with E-state index >= 15 is 0 Å². The molecule has 0 fully saturated rings. The fourth-order valence-corrected chi connectivity index (χ4v) is 3.64.